The van der Waals surface area contributed by atoms with Crippen LogP contribution in [0.25, 0.3) is 0 Å². The summed E-state index contributed by atoms with van der Waals surface area (Å²) >= 11 is 0. The van der Waals surface area contributed by atoms with Crippen LogP contribution in [-0.2, 0) is 10.2 Å². The van der Waals surface area contributed by atoms with E-state index in [1.54, 1.807) is 7.11 Å². The van der Waals surface area contributed by atoms with E-state index < -0.39 is 0 Å². The maximum absolute atomic E-state index is 5.80. The summed E-state index contributed by atoms with van der Waals surface area (Å²) in [5.74, 6) is 5.80. The molecule has 0 aliphatic heterocycles. The van der Waals surface area contributed by atoms with Crippen molar-refractivity contribution in [1.29, 1.82) is 0 Å². The van der Waals surface area contributed by atoms with Gasteiger partial charge in [0.05, 0.1) is 0 Å². The number of rotatable bonds is 7. The second-order valence-electron chi connectivity index (χ2n) is 5.23. The van der Waals surface area contributed by atoms with Gasteiger partial charge >= 0.3 is 0 Å². The fourth-order valence-electron chi connectivity index (χ4n) is 3.12. The summed E-state index contributed by atoms with van der Waals surface area (Å²) in [4.78, 5) is 0. The topological polar surface area (TPSA) is 47.3 Å². The Morgan fingerprint density at radius 3 is 2.56 bits per heavy atom. The zero-order chi connectivity index (χ0) is 12.8. The molecule has 1 unspecified atom stereocenters. The third-order valence-corrected chi connectivity index (χ3v) is 4.30. The lowest BCUT2D eigenvalue weighted by Gasteiger charge is -2.48. The van der Waals surface area contributed by atoms with Crippen molar-refractivity contribution in [2.75, 3.05) is 13.7 Å². The molecule has 3 nitrogen and oxygen atoms in total. The molecule has 1 aromatic carbocycles. The van der Waals surface area contributed by atoms with Crippen LogP contribution in [0, 0.1) is 0 Å². The molecule has 0 bridgehead atoms. The zero-order valence-corrected chi connectivity index (χ0v) is 11.2. The Hall–Kier alpha value is -0.900. The maximum Gasteiger partial charge on any atom is 0.0462 e. The molecule has 3 heteroatoms. The molecule has 0 saturated heterocycles. The van der Waals surface area contributed by atoms with Gasteiger partial charge in [-0.3, -0.25) is 11.3 Å². The molecule has 0 amide bonds. The van der Waals surface area contributed by atoms with E-state index in [-0.39, 0.29) is 5.41 Å². The van der Waals surface area contributed by atoms with Crippen LogP contribution in [0.2, 0.25) is 0 Å². The number of hydrazine groups is 1. The van der Waals surface area contributed by atoms with Gasteiger partial charge in [-0.2, -0.15) is 0 Å². The lowest BCUT2D eigenvalue weighted by Crippen LogP contribution is -2.55. The highest BCUT2D eigenvalue weighted by Gasteiger charge is 2.44. The van der Waals surface area contributed by atoms with Crippen molar-refractivity contribution in [3.05, 3.63) is 35.9 Å². The Labute approximate surface area is 110 Å². The van der Waals surface area contributed by atoms with E-state index in [1.807, 2.05) is 0 Å². The minimum Gasteiger partial charge on any atom is -0.385 e. The van der Waals surface area contributed by atoms with Crippen molar-refractivity contribution in [2.45, 2.75) is 43.6 Å². The summed E-state index contributed by atoms with van der Waals surface area (Å²) in [7, 11) is 1.75. The van der Waals surface area contributed by atoms with E-state index >= 15 is 0 Å². The summed E-state index contributed by atoms with van der Waals surface area (Å²) in [5, 5.41) is 0. The Morgan fingerprint density at radius 1 is 1.33 bits per heavy atom. The van der Waals surface area contributed by atoms with Gasteiger partial charge in [-0.1, -0.05) is 36.8 Å². The molecule has 100 valence electrons. The van der Waals surface area contributed by atoms with Crippen LogP contribution in [0.3, 0.4) is 0 Å². The van der Waals surface area contributed by atoms with Crippen LogP contribution in [0.1, 0.15) is 37.7 Å². The van der Waals surface area contributed by atoms with Crippen molar-refractivity contribution in [3.8, 4) is 0 Å². The highest BCUT2D eigenvalue weighted by atomic mass is 16.5. The van der Waals surface area contributed by atoms with Crippen LogP contribution >= 0.6 is 0 Å². The molecule has 3 N–H and O–H groups in total. The summed E-state index contributed by atoms with van der Waals surface area (Å²) in [6.07, 6.45) is 5.90. The molecular formula is C15H24N2O. The second kappa shape index (κ2) is 6.32. The van der Waals surface area contributed by atoms with Crippen LogP contribution in [0.5, 0.6) is 0 Å². The molecule has 1 aliphatic carbocycles. The molecule has 1 aliphatic rings. The smallest absolute Gasteiger partial charge is 0.0462 e. The van der Waals surface area contributed by atoms with E-state index in [1.165, 1.54) is 24.8 Å². The number of nitrogens with two attached hydrogens (primary N) is 1. The summed E-state index contributed by atoms with van der Waals surface area (Å²) in [6.45, 7) is 0.809. The average Bonchev–Trinajstić information content (AvgIpc) is 2.37. The molecule has 0 radical (unpaired) electrons. The zero-order valence-electron chi connectivity index (χ0n) is 11.2. The highest BCUT2D eigenvalue weighted by molar-refractivity contribution is 5.30. The van der Waals surface area contributed by atoms with E-state index in [0.29, 0.717) is 6.04 Å². The quantitative estimate of drug-likeness (QED) is 0.442. The first-order chi connectivity index (χ1) is 8.83. The van der Waals surface area contributed by atoms with Crippen molar-refractivity contribution >= 4 is 0 Å². The SMILES string of the molecule is COCCCC(NN)C1(c2ccccc2)CCC1. The van der Waals surface area contributed by atoms with Gasteiger partial charge in [0, 0.05) is 25.2 Å². The first kappa shape index (κ1) is 13.5. The molecule has 18 heavy (non-hydrogen) atoms. The van der Waals surface area contributed by atoms with Crippen molar-refractivity contribution < 1.29 is 4.74 Å². The normalized spacial score (nSPS) is 19.2. The molecule has 2 rings (SSSR count). The lowest BCUT2D eigenvalue weighted by molar-refractivity contribution is 0.141. The van der Waals surface area contributed by atoms with Crippen LogP contribution < -0.4 is 11.3 Å². The standard InChI is InChI=1S/C15H24N2O/c1-18-12-5-9-14(17-16)15(10-6-11-15)13-7-3-2-4-8-13/h2-4,7-8,14,17H,5-6,9-12,16H2,1H3. The molecule has 0 spiro atoms. The molecule has 1 fully saturated rings. The predicted molar refractivity (Wildman–Crippen MR) is 74.2 cm³/mol. The number of methoxy groups -OCH3 is 1. The first-order valence-corrected chi connectivity index (χ1v) is 6.84. The maximum atomic E-state index is 5.80. The largest absolute Gasteiger partial charge is 0.385 e. The van der Waals surface area contributed by atoms with Gasteiger partial charge in [-0.25, -0.2) is 0 Å². The lowest BCUT2D eigenvalue weighted by atomic mass is 9.59. The van der Waals surface area contributed by atoms with Gasteiger partial charge in [-0.05, 0) is 31.2 Å². The number of nitrogens with one attached hydrogen (secondary N) is 1. The van der Waals surface area contributed by atoms with Crippen molar-refractivity contribution in [1.82, 2.24) is 5.43 Å². The first-order valence-electron chi connectivity index (χ1n) is 6.84. The molecule has 0 aromatic heterocycles. The number of benzene rings is 1. The number of hydrogen-bond donors (Lipinski definition) is 2. The summed E-state index contributed by atoms with van der Waals surface area (Å²) in [6, 6.07) is 11.1. The minimum atomic E-state index is 0.240. The summed E-state index contributed by atoms with van der Waals surface area (Å²) < 4.78 is 5.14. The molecule has 1 saturated carbocycles. The molecule has 1 atom stereocenters. The van der Waals surface area contributed by atoms with Crippen LogP contribution in [0.4, 0.5) is 0 Å². The molecule has 0 heterocycles. The fraction of sp³-hybridized carbons (Fsp3) is 0.600. The van der Waals surface area contributed by atoms with Gasteiger partial charge < -0.3 is 4.74 Å². The second-order valence-corrected chi connectivity index (χ2v) is 5.23. The highest BCUT2D eigenvalue weighted by Crippen LogP contribution is 2.47. The van der Waals surface area contributed by atoms with Crippen LogP contribution in [-0.4, -0.2) is 19.8 Å². The van der Waals surface area contributed by atoms with Gasteiger partial charge in [-0.15, -0.1) is 0 Å². The number of ether oxygens (including phenoxy) is 1. The Balaban J connectivity index is 2.10. The average molecular weight is 248 g/mol. The Kier molecular flexibility index (Phi) is 4.75. The van der Waals surface area contributed by atoms with E-state index in [9.17, 15) is 0 Å². The van der Waals surface area contributed by atoms with E-state index in [2.05, 4.69) is 35.8 Å². The third-order valence-electron chi connectivity index (χ3n) is 4.30. The van der Waals surface area contributed by atoms with Gasteiger partial charge in [0.15, 0.2) is 0 Å². The fourth-order valence-corrected chi connectivity index (χ4v) is 3.12. The Morgan fingerprint density at radius 2 is 2.06 bits per heavy atom. The molecular weight excluding hydrogens is 224 g/mol. The minimum absolute atomic E-state index is 0.240. The van der Waals surface area contributed by atoms with Crippen molar-refractivity contribution in [2.24, 2.45) is 5.84 Å². The summed E-state index contributed by atoms with van der Waals surface area (Å²) in [5.41, 5.74) is 4.71. The third kappa shape index (κ3) is 2.58. The Bertz CT molecular complexity index is 349. The predicted octanol–water partition coefficient (Wildman–Crippen LogP) is 2.37. The molecule has 1 aromatic rings. The van der Waals surface area contributed by atoms with E-state index in [4.69, 9.17) is 10.6 Å². The van der Waals surface area contributed by atoms with Gasteiger partial charge in [0.1, 0.15) is 0 Å². The van der Waals surface area contributed by atoms with Gasteiger partial charge in [0.2, 0.25) is 0 Å². The monoisotopic (exact) mass is 248 g/mol. The number of hydrogen-bond acceptors (Lipinski definition) is 3. The van der Waals surface area contributed by atoms with E-state index in [0.717, 1.165) is 19.4 Å². The van der Waals surface area contributed by atoms with Crippen molar-refractivity contribution in [3.63, 3.8) is 0 Å². The van der Waals surface area contributed by atoms with Gasteiger partial charge in [0.25, 0.3) is 0 Å². The van der Waals surface area contributed by atoms with Crippen LogP contribution in [0.15, 0.2) is 30.3 Å².